The Balaban J connectivity index is 1.80. The molecule has 0 fully saturated rings. The summed E-state index contributed by atoms with van der Waals surface area (Å²) in [5.41, 5.74) is 1.12. The standard InChI is InChI=1S/C14H14ClN3O2/c15-11-3-1-9(2-4-11)7-12-16-17-13-8-10(14(19)20)5-6-18(12)13/h1-4,10H,5-8H2,(H,19,20). The van der Waals surface area contributed by atoms with Crippen LogP contribution in [0.25, 0.3) is 0 Å². The van der Waals surface area contributed by atoms with E-state index in [0.717, 1.165) is 17.2 Å². The summed E-state index contributed by atoms with van der Waals surface area (Å²) in [6, 6.07) is 7.63. The van der Waals surface area contributed by atoms with Gasteiger partial charge >= 0.3 is 5.97 Å². The second-order valence-corrected chi connectivity index (χ2v) is 5.45. The van der Waals surface area contributed by atoms with Crippen LogP contribution in [0.3, 0.4) is 0 Å². The van der Waals surface area contributed by atoms with Gasteiger partial charge in [-0.15, -0.1) is 10.2 Å². The molecule has 6 heteroatoms. The van der Waals surface area contributed by atoms with Crippen LogP contribution in [-0.4, -0.2) is 25.8 Å². The zero-order valence-electron chi connectivity index (χ0n) is 10.8. The number of fused-ring (bicyclic) bond motifs is 1. The molecule has 0 amide bonds. The number of hydrogen-bond donors (Lipinski definition) is 1. The summed E-state index contributed by atoms with van der Waals surface area (Å²) in [4.78, 5) is 11.0. The van der Waals surface area contributed by atoms with Gasteiger partial charge in [0.05, 0.1) is 5.92 Å². The molecule has 1 N–H and O–H groups in total. The fourth-order valence-electron chi connectivity index (χ4n) is 2.52. The van der Waals surface area contributed by atoms with Gasteiger partial charge in [0.25, 0.3) is 0 Å². The molecule has 0 aliphatic carbocycles. The zero-order chi connectivity index (χ0) is 14.1. The third-order valence-electron chi connectivity index (χ3n) is 3.66. The molecule has 1 aliphatic rings. The van der Waals surface area contributed by atoms with Crippen molar-refractivity contribution in [2.75, 3.05) is 0 Å². The number of nitrogens with zero attached hydrogens (tertiary/aromatic N) is 3. The molecule has 0 saturated heterocycles. The first kappa shape index (κ1) is 13.1. The highest BCUT2D eigenvalue weighted by molar-refractivity contribution is 6.30. The maximum Gasteiger partial charge on any atom is 0.307 e. The second-order valence-electron chi connectivity index (χ2n) is 5.02. The van der Waals surface area contributed by atoms with Crippen LogP contribution in [0.1, 0.15) is 23.6 Å². The summed E-state index contributed by atoms with van der Waals surface area (Å²) < 4.78 is 2.04. The van der Waals surface area contributed by atoms with Crippen molar-refractivity contribution in [3.63, 3.8) is 0 Å². The van der Waals surface area contributed by atoms with Crippen LogP contribution in [-0.2, 0) is 24.2 Å². The topological polar surface area (TPSA) is 68.0 Å². The van der Waals surface area contributed by atoms with Gasteiger partial charge in [0.15, 0.2) is 0 Å². The van der Waals surface area contributed by atoms with E-state index in [1.54, 1.807) is 0 Å². The number of carbonyl (C=O) groups is 1. The third kappa shape index (κ3) is 2.54. The van der Waals surface area contributed by atoms with Crippen LogP contribution in [0, 0.1) is 5.92 Å². The molecule has 104 valence electrons. The predicted molar refractivity (Wildman–Crippen MR) is 73.7 cm³/mol. The highest BCUT2D eigenvalue weighted by Crippen LogP contribution is 2.22. The largest absolute Gasteiger partial charge is 0.481 e. The highest BCUT2D eigenvalue weighted by atomic mass is 35.5. The monoisotopic (exact) mass is 291 g/mol. The number of halogens is 1. The van der Waals surface area contributed by atoms with Crippen LogP contribution in [0.2, 0.25) is 5.02 Å². The van der Waals surface area contributed by atoms with Gasteiger partial charge in [0, 0.05) is 24.4 Å². The summed E-state index contributed by atoms with van der Waals surface area (Å²) in [6.07, 6.45) is 1.78. The number of aliphatic carboxylic acids is 1. The number of carboxylic acids is 1. The van der Waals surface area contributed by atoms with Crippen molar-refractivity contribution in [3.8, 4) is 0 Å². The summed E-state index contributed by atoms with van der Waals surface area (Å²) in [5.74, 6) is 0.562. The first-order chi connectivity index (χ1) is 9.63. The Hall–Kier alpha value is -1.88. The van der Waals surface area contributed by atoms with E-state index in [0.29, 0.717) is 30.8 Å². The molecule has 5 nitrogen and oxygen atoms in total. The third-order valence-corrected chi connectivity index (χ3v) is 3.91. The lowest BCUT2D eigenvalue weighted by Crippen LogP contribution is -2.26. The molecule has 1 aromatic heterocycles. The smallest absolute Gasteiger partial charge is 0.307 e. The van der Waals surface area contributed by atoms with E-state index in [-0.39, 0.29) is 5.92 Å². The molecule has 2 heterocycles. The second kappa shape index (κ2) is 5.25. The van der Waals surface area contributed by atoms with E-state index in [4.69, 9.17) is 16.7 Å². The minimum Gasteiger partial charge on any atom is -0.481 e. The number of aromatic nitrogens is 3. The van der Waals surface area contributed by atoms with Crippen LogP contribution in [0.15, 0.2) is 24.3 Å². The van der Waals surface area contributed by atoms with Gasteiger partial charge < -0.3 is 9.67 Å². The molecule has 0 bridgehead atoms. The lowest BCUT2D eigenvalue weighted by atomic mass is 9.98. The quantitative estimate of drug-likeness (QED) is 0.941. The van der Waals surface area contributed by atoms with Gasteiger partial charge in [-0.05, 0) is 24.1 Å². The lowest BCUT2D eigenvalue weighted by Gasteiger charge is -2.20. The molecule has 0 radical (unpaired) electrons. The highest BCUT2D eigenvalue weighted by Gasteiger charge is 2.27. The Labute approximate surface area is 121 Å². The fraction of sp³-hybridized carbons (Fsp3) is 0.357. The van der Waals surface area contributed by atoms with E-state index in [1.165, 1.54) is 0 Å². The Morgan fingerprint density at radius 3 is 2.80 bits per heavy atom. The number of benzene rings is 1. The van der Waals surface area contributed by atoms with Crippen LogP contribution in [0.5, 0.6) is 0 Å². The van der Waals surface area contributed by atoms with Gasteiger partial charge in [-0.25, -0.2) is 0 Å². The predicted octanol–water partition coefficient (Wildman–Crippen LogP) is 2.17. The Bertz CT molecular complexity index is 636. The van der Waals surface area contributed by atoms with Crippen molar-refractivity contribution in [3.05, 3.63) is 46.5 Å². The molecule has 1 unspecified atom stereocenters. The molecule has 1 aromatic carbocycles. The maximum absolute atomic E-state index is 11.0. The SMILES string of the molecule is O=C(O)C1CCn2c(Cc3ccc(Cl)cc3)nnc2C1. The van der Waals surface area contributed by atoms with Gasteiger partial charge in [-0.1, -0.05) is 23.7 Å². The number of hydrogen-bond acceptors (Lipinski definition) is 3. The van der Waals surface area contributed by atoms with E-state index in [1.807, 2.05) is 28.8 Å². The first-order valence-corrected chi connectivity index (χ1v) is 6.89. The summed E-state index contributed by atoms with van der Waals surface area (Å²) >= 11 is 5.87. The summed E-state index contributed by atoms with van der Waals surface area (Å²) in [5, 5.41) is 18.1. The lowest BCUT2D eigenvalue weighted by molar-refractivity contribution is -0.142. The Morgan fingerprint density at radius 2 is 2.10 bits per heavy atom. The van der Waals surface area contributed by atoms with Crippen molar-refractivity contribution in [1.29, 1.82) is 0 Å². The Kier molecular flexibility index (Phi) is 3.44. The molecule has 1 atom stereocenters. The Morgan fingerprint density at radius 1 is 1.35 bits per heavy atom. The summed E-state index contributed by atoms with van der Waals surface area (Å²) in [6.45, 7) is 0.669. The molecule has 0 spiro atoms. The van der Waals surface area contributed by atoms with E-state index >= 15 is 0 Å². The average molecular weight is 292 g/mol. The minimum absolute atomic E-state index is 0.338. The molecule has 20 heavy (non-hydrogen) atoms. The fourth-order valence-corrected chi connectivity index (χ4v) is 2.64. The van der Waals surface area contributed by atoms with Crippen LogP contribution >= 0.6 is 11.6 Å². The molecular weight excluding hydrogens is 278 g/mol. The van der Waals surface area contributed by atoms with Gasteiger partial charge in [-0.2, -0.15) is 0 Å². The molecule has 3 rings (SSSR count). The van der Waals surface area contributed by atoms with Gasteiger partial charge in [0.2, 0.25) is 0 Å². The van der Waals surface area contributed by atoms with E-state index < -0.39 is 5.97 Å². The van der Waals surface area contributed by atoms with Crippen molar-refractivity contribution in [2.45, 2.75) is 25.8 Å². The molecular formula is C14H14ClN3O2. The van der Waals surface area contributed by atoms with Crippen molar-refractivity contribution < 1.29 is 9.90 Å². The summed E-state index contributed by atoms with van der Waals surface area (Å²) in [7, 11) is 0. The average Bonchev–Trinajstić information content (AvgIpc) is 2.84. The van der Waals surface area contributed by atoms with Gasteiger partial charge in [0.1, 0.15) is 11.6 Å². The first-order valence-electron chi connectivity index (χ1n) is 6.51. The van der Waals surface area contributed by atoms with Crippen LogP contribution in [0.4, 0.5) is 0 Å². The number of carboxylic acid groups (broad SMARTS) is 1. The van der Waals surface area contributed by atoms with Gasteiger partial charge in [-0.3, -0.25) is 4.79 Å². The van der Waals surface area contributed by atoms with Crippen molar-refractivity contribution in [1.82, 2.24) is 14.8 Å². The minimum atomic E-state index is -0.751. The molecule has 0 saturated carbocycles. The normalized spacial score (nSPS) is 17.8. The molecule has 2 aromatic rings. The number of rotatable bonds is 3. The zero-order valence-corrected chi connectivity index (χ0v) is 11.5. The van der Waals surface area contributed by atoms with Crippen molar-refractivity contribution in [2.24, 2.45) is 5.92 Å². The van der Waals surface area contributed by atoms with Crippen molar-refractivity contribution >= 4 is 17.6 Å². The molecule has 1 aliphatic heterocycles. The van der Waals surface area contributed by atoms with E-state index in [9.17, 15) is 4.79 Å². The van der Waals surface area contributed by atoms with E-state index in [2.05, 4.69) is 10.2 Å². The maximum atomic E-state index is 11.0. The van der Waals surface area contributed by atoms with Crippen LogP contribution < -0.4 is 0 Å².